The first kappa shape index (κ1) is 16.5. The van der Waals surface area contributed by atoms with Crippen LogP contribution in [0.4, 0.5) is 5.69 Å². The van der Waals surface area contributed by atoms with Crippen molar-refractivity contribution < 1.29 is 8.42 Å². The molecule has 0 fully saturated rings. The molecular weight excluding hydrogens is 274 g/mol. The highest BCUT2D eigenvalue weighted by molar-refractivity contribution is 7.89. The number of rotatable bonds is 5. The number of nitrogens with zero attached hydrogens (tertiary/aromatic N) is 1. The predicted octanol–water partition coefficient (Wildman–Crippen LogP) is 2.10. The molecule has 20 heavy (non-hydrogen) atoms. The van der Waals surface area contributed by atoms with Crippen molar-refractivity contribution in [3.05, 3.63) is 23.8 Å². The minimum atomic E-state index is -3.67. The number of nitriles is 1. The Morgan fingerprint density at radius 3 is 2.45 bits per heavy atom. The van der Waals surface area contributed by atoms with E-state index >= 15 is 0 Å². The molecule has 0 bridgehead atoms. The zero-order valence-corrected chi connectivity index (χ0v) is 13.1. The molecule has 0 saturated heterocycles. The van der Waals surface area contributed by atoms with E-state index in [4.69, 9.17) is 11.0 Å². The van der Waals surface area contributed by atoms with Gasteiger partial charge in [0.2, 0.25) is 10.0 Å². The van der Waals surface area contributed by atoms with E-state index in [1.807, 2.05) is 33.8 Å². The predicted molar refractivity (Wildman–Crippen MR) is 79.4 cm³/mol. The van der Waals surface area contributed by atoms with Gasteiger partial charge in [-0.25, -0.2) is 13.1 Å². The van der Waals surface area contributed by atoms with Gasteiger partial charge in [-0.3, -0.25) is 0 Å². The van der Waals surface area contributed by atoms with E-state index in [-0.39, 0.29) is 16.0 Å². The van der Waals surface area contributed by atoms with Gasteiger partial charge in [0, 0.05) is 6.54 Å². The summed E-state index contributed by atoms with van der Waals surface area (Å²) in [6, 6.07) is 6.09. The number of hydrogen-bond donors (Lipinski definition) is 2. The lowest BCUT2D eigenvalue weighted by Crippen LogP contribution is -2.37. The van der Waals surface area contributed by atoms with Crippen LogP contribution in [0.15, 0.2) is 23.1 Å². The zero-order valence-electron chi connectivity index (χ0n) is 12.3. The lowest BCUT2D eigenvalue weighted by Gasteiger charge is -2.29. The van der Waals surface area contributed by atoms with Crippen molar-refractivity contribution in [1.82, 2.24) is 4.72 Å². The smallest absolute Gasteiger partial charge is 0.242 e. The number of hydrogen-bond acceptors (Lipinski definition) is 4. The molecule has 110 valence electrons. The molecule has 0 aliphatic rings. The van der Waals surface area contributed by atoms with E-state index in [0.29, 0.717) is 18.0 Å². The molecule has 0 unspecified atom stereocenters. The van der Waals surface area contributed by atoms with E-state index in [9.17, 15) is 8.42 Å². The van der Waals surface area contributed by atoms with E-state index in [1.165, 1.54) is 18.2 Å². The molecule has 0 amide bonds. The average molecular weight is 295 g/mol. The quantitative estimate of drug-likeness (QED) is 0.813. The van der Waals surface area contributed by atoms with E-state index in [1.54, 1.807) is 0 Å². The summed E-state index contributed by atoms with van der Waals surface area (Å²) in [6.45, 7) is 8.42. The Labute approximate surface area is 120 Å². The van der Waals surface area contributed by atoms with Gasteiger partial charge in [-0.15, -0.1) is 0 Å². The summed E-state index contributed by atoms with van der Waals surface area (Å²) in [7, 11) is -3.67. The van der Waals surface area contributed by atoms with Crippen molar-refractivity contribution in [2.24, 2.45) is 11.3 Å². The van der Waals surface area contributed by atoms with Crippen LogP contribution in [0.25, 0.3) is 0 Å². The van der Waals surface area contributed by atoms with Gasteiger partial charge in [0.25, 0.3) is 0 Å². The Balaban J connectivity index is 2.99. The lowest BCUT2D eigenvalue weighted by atomic mass is 9.81. The summed E-state index contributed by atoms with van der Waals surface area (Å²) in [5, 5.41) is 8.76. The van der Waals surface area contributed by atoms with E-state index in [2.05, 4.69) is 4.72 Å². The summed E-state index contributed by atoms with van der Waals surface area (Å²) in [4.78, 5) is 0.0102. The summed E-state index contributed by atoms with van der Waals surface area (Å²) in [5.41, 5.74) is 5.97. The largest absolute Gasteiger partial charge is 0.398 e. The van der Waals surface area contributed by atoms with Gasteiger partial charge in [0.15, 0.2) is 0 Å². The average Bonchev–Trinajstić information content (AvgIpc) is 2.36. The number of nitrogens with one attached hydrogen (secondary N) is 1. The number of benzene rings is 1. The third kappa shape index (κ3) is 3.71. The molecule has 6 heteroatoms. The van der Waals surface area contributed by atoms with Crippen molar-refractivity contribution in [2.45, 2.75) is 32.6 Å². The van der Waals surface area contributed by atoms with Gasteiger partial charge in [0.05, 0.1) is 17.3 Å². The fourth-order valence-corrected chi connectivity index (χ4v) is 2.76. The van der Waals surface area contributed by atoms with Crippen molar-refractivity contribution in [1.29, 1.82) is 5.26 Å². The minimum Gasteiger partial charge on any atom is -0.398 e. The maximum atomic E-state index is 12.2. The molecule has 3 N–H and O–H groups in total. The van der Waals surface area contributed by atoms with Gasteiger partial charge >= 0.3 is 0 Å². The standard InChI is InChI=1S/C14H21N3O2S/c1-10(2)14(3,4)9-17-20(18,19)13-6-5-11(8-15)7-12(13)16/h5-7,10,17H,9,16H2,1-4H3. The molecule has 1 aromatic carbocycles. The summed E-state index contributed by atoms with van der Waals surface area (Å²) in [5.74, 6) is 0.337. The second-order valence-electron chi connectivity index (χ2n) is 5.83. The molecule has 0 aromatic heterocycles. The van der Waals surface area contributed by atoms with Crippen LogP contribution in [0.5, 0.6) is 0 Å². The van der Waals surface area contributed by atoms with Gasteiger partial charge in [-0.05, 0) is 29.5 Å². The summed E-state index contributed by atoms with van der Waals surface area (Å²) in [6.07, 6.45) is 0. The fourth-order valence-electron chi connectivity index (χ4n) is 1.43. The highest BCUT2D eigenvalue weighted by Gasteiger charge is 2.26. The van der Waals surface area contributed by atoms with Crippen LogP contribution in [0.2, 0.25) is 0 Å². The Kier molecular flexibility index (Phi) is 4.79. The summed E-state index contributed by atoms with van der Waals surface area (Å²) < 4.78 is 27.1. The molecule has 0 heterocycles. The first-order valence-electron chi connectivity index (χ1n) is 6.39. The number of nitrogen functional groups attached to an aromatic ring is 1. The van der Waals surface area contributed by atoms with Gasteiger partial charge in [0.1, 0.15) is 4.90 Å². The highest BCUT2D eigenvalue weighted by Crippen LogP contribution is 2.26. The van der Waals surface area contributed by atoms with Crippen LogP contribution in [-0.2, 0) is 10.0 Å². The molecule has 1 rings (SSSR count). The molecule has 0 aliphatic heterocycles. The normalized spacial score (nSPS) is 12.4. The Morgan fingerprint density at radius 1 is 1.40 bits per heavy atom. The van der Waals surface area contributed by atoms with Crippen LogP contribution < -0.4 is 10.5 Å². The molecule has 0 spiro atoms. The van der Waals surface area contributed by atoms with Crippen molar-refractivity contribution >= 4 is 15.7 Å². The number of sulfonamides is 1. The highest BCUT2D eigenvalue weighted by atomic mass is 32.2. The maximum Gasteiger partial charge on any atom is 0.242 e. The topological polar surface area (TPSA) is 96.0 Å². The van der Waals surface area contributed by atoms with Crippen LogP contribution in [-0.4, -0.2) is 15.0 Å². The van der Waals surface area contributed by atoms with E-state index in [0.717, 1.165) is 0 Å². The van der Waals surface area contributed by atoms with Crippen LogP contribution in [0.3, 0.4) is 0 Å². The molecule has 1 aromatic rings. The number of nitrogens with two attached hydrogens (primary N) is 1. The van der Waals surface area contributed by atoms with Gasteiger partial charge < -0.3 is 5.73 Å². The van der Waals surface area contributed by atoms with Crippen LogP contribution in [0.1, 0.15) is 33.3 Å². The molecule has 0 atom stereocenters. The van der Waals surface area contributed by atoms with Gasteiger partial charge in [-0.2, -0.15) is 5.26 Å². The first-order valence-corrected chi connectivity index (χ1v) is 7.88. The second-order valence-corrected chi connectivity index (χ2v) is 7.57. The SMILES string of the molecule is CC(C)C(C)(C)CNS(=O)(=O)c1ccc(C#N)cc1N. The molecule has 0 aliphatic carbocycles. The fraction of sp³-hybridized carbons (Fsp3) is 0.500. The Bertz CT molecular complexity index is 628. The second kappa shape index (κ2) is 5.81. The zero-order chi connectivity index (χ0) is 15.6. The Morgan fingerprint density at radius 2 is 2.00 bits per heavy atom. The molecular formula is C14H21N3O2S. The van der Waals surface area contributed by atoms with Gasteiger partial charge in [-0.1, -0.05) is 27.7 Å². The first-order chi connectivity index (χ1) is 9.10. The Hall–Kier alpha value is -1.58. The van der Waals surface area contributed by atoms with Crippen molar-refractivity contribution in [2.75, 3.05) is 12.3 Å². The minimum absolute atomic E-state index is 0.0102. The van der Waals surface area contributed by atoms with Crippen molar-refractivity contribution in [3.8, 4) is 6.07 Å². The van der Waals surface area contributed by atoms with Crippen LogP contribution in [0, 0.1) is 22.7 Å². The third-order valence-corrected chi connectivity index (χ3v) is 5.18. The molecule has 0 saturated carbocycles. The molecule has 5 nitrogen and oxygen atoms in total. The summed E-state index contributed by atoms with van der Waals surface area (Å²) >= 11 is 0. The lowest BCUT2D eigenvalue weighted by molar-refractivity contribution is 0.252. The maximum absolute atomic E-state index is 12.2. The third-order valence-electron chi connectivity index (χ3n) is 3.71. The van der Waals surface area contributed by atoms with E-state index < -0.39 is 10.0 Å². The van der Waals surface area contributed by atoms with Crippen LogP contribution >= 0.6 is 0 Å². The monoisotopic (exact) mass is 295 g/mol. The molecule has 0 radical (unpaired) electrons. The number of anilines is 1. The van der Waals surface area contributed by atoms with Crippen molar-refractivity contribution in [3.63, 3.8) is 0 Å².